The van der Waals surface area contributed by atoms with Gasteiger partial charge in [0.05, 0.1) is 22.5 Å². The molecule has 1 amide bonds. The van der Waals surface area contributed by atoms with Gasteiger partial charge < -0.3 is 4.74 Å². The lowest BCUT2D eigenvalue weighted by atomic mass is 10.1. The molecule has 3 rings (SSSR count). The number of rotatable bonds is 7. The molecular weight excluding hydrogens is 448 g/mol. The van der Waals surface area contributed by atoms with E-state index in [4.69, 9.17) is 0 Å². The summed E-state index contributed by atoms with van der Waals surface area (Å²) >= 11 is 0.844. The van der Waals surface area contributed by atoms with Crippen molar-refractivity contribution in [2.45, 2.75) is 10.6 Å². The van der Waals surface area contributed by atoms with Crippen LogP contribution in [-0.2, 0) is 20.3 Å². The predicted molar refractivity (Wildman–Crippen MR) is 110 cm³/mol. The maximum absolute atomic E-state index is 12.5. The molecule has 0 saturated carbocycles. The molecule has 0 bridgehead atoms. The lowest BCUT2D eigenvalue weighted by molar-refractivity contribution is -0.384. The number of nitrogens with one attached hydrogen (secondary N) is 1. The van der Waals surface area contributed by atoms with Crippen molar-refractivity contribution in [3.05, 3.63) is 74.8 Å². The first-order chi connectivity index (χ1) is 14.7. The number of aromatic nitrogens is 2. The topological polar surface area (TPSA) is 158 Å². The number of benzene rings is 2. The molecule has 0 atom stereocenters. The molecule has 0 aliphatic rings. The summed E-state index contributed by atoms with van der Waals surface area (Å²) in [6.07, 6.45) is 0. The second kappa shape index (κ2) is 8.97. The van der Waals surface area contributed by atoms with Gasteiger partial charge in [-0.05, 0) is 18.2 Å². The number of sulfone groups is 1. The Morgan fingerprint density at radius 3 is 2.45 bits per heavy atom. The van der Waals surface area contributed by atoms with Crippen LogP contribution in [0.25, 0.3) is 0 Å². The number of nitrogens with zero attached hydrogens (tertiary/aromatic N) is 3. The standard InChI is InChI=1S/C18H14N4O7S2/c1-29-17(24)12-7-11(8-13(9-12)22(25)26)16(23)19-18-21-20-15(30-18)10-31(27,28)14-5-3-2-4-6-14/h2-9H,10H2,1H3,(H,19,21,23). The van der Waals surface area contributed by atoms with Crippen molar-refractivity contribution in [1.29, 1.82) is 0 Å². The number of carbonyl (C=O) groups excluding carboxylic acids is 2. The maximum Gasteiger partial charge on any atom is 0.338 e. The highest BCUT2D eigenvalue weighted by molar-refractivity contribution is 7.90. The van der Waals surface area contributed by atoms with Gasteiger partial charge in [-0.15, -0.1) is 10.2 Å². The number of nitro groups is 1. The Morgan fingerprint density at radius 2 is 1.81 bits per heavy atom. The van der Waals surface area contributed by atoms with Crippen LogP contribution in [0.15, 0.2) is 53.4 Å². The van der Waals surface area contributed by atoms with E-state index in [-0.39, 0.29) is 26.2 Å². The molecule has 160 valence electrons. The largest absolute Gasteiger partial charge is 0.465 e. The van der Waals surface area contributed by atoms with Gasteiger partial charge in [0.25, 0.3) is 11.6 Å². The van der Waals surface area contributed by atoms with Gasteiger partial charge in [-0.2, -0.15) is 0 Å². The van der Waals surface area contributed by atoms with E-state index in [1.54, 1.807) is 18.2 Å². The third-order valence-corrected chi connectivity index (χ3v) is 6.58. The van der Waals surface area contributed by atoms with Crippen LogP contribution in [0.5, 0.6) is 0 Å². The Kier molecular flexibility index (Phi) is 6.36. The number of hydrogen-bond donors (Lipinski definition) is 1. The molecule has 13 heteroatoms. The van der Waals surface area contributed by atoms with Crippen LogP contribution in [0.2, 0.25) is 0 Å². The Bertz CT molecular complexity index is 1260. The lowest BCUT2D eigenvalue weighted by Crippen LogP contribution is -2.14. The lowest BCUT2D eigenvalue weighted by Gasteiger charge is -2.04. The van der Waals surface area contributed by atoms with Crippen molar-refractivity contribution in [2.75, 3.05) is 12.4 Å². The van der Waals surface area contributed by atoms with Crippen LogP contribution >= 0.6 is 11.3 Å². The zero-order valence-electron chi connectivity index (χ0n) is 15.8. The highest BCUT2D eigenvalue weighted by atomic mass is 32.2. The Morgan fingerprint density at radius 1 is 1.13 bits per heavy atom. The molecule has 1 heterocycles. The van der Waals surface area contributed by atoms with Gasteiger partial charge in [-0.3, -0.25) is 20.2 Å². The van der Waals surface area contributed by atoms with E-state index in [0.717, 1.165) is 36.6 Å². The number of carbonyl (C=O) groups is 2. The zero-order chi connectivity index (χ0) is 22.6. The van der Waals surface area contributed by atoms with E-state index in [0.29, 0.717) is 0 Å². The summed E-state index contributed by atoms with van der Waals surface area (Å²) in [7, 11) is -2.54. The summed E-state index contributed by atoms with van der Waals surface area (Å²) in [6, 6.07) is 10.9. The van der Waals surface area contributed by atoms with E-state index >= 15 is 0 Å². The zero-order valence-corrected chi connectivity index (χ0v) is 17.5. The van der Waals surface area contributed by atoms with Gasteiger partial charge in [-0.25, -0.2) is 13.2 Å². The highest BCUT2D eigenvalue weighted by Crippen LogP contribution is 2.23. The SMILES string of the molecule is COC(=O)c1cc(C(=O)Nc2nnc(CS(=O)(=O)c3ccccc3)s2)cc([N+](=O)[O-])c1. The third-order valence-electron chi connectivity index (χ3n) is 3.92. The van der Waals surface area contributed by atoms with Crippen LogP contribution in [0.1, 0.15) is 25.7 Å². The summed E-state index contributed by atoms with van der Waals surface area (Å²) in [4.78, 5) is 34.7. The molecule has 1 N–H and O–H groups in total. The fourth-order valence-electron chi connectivity index (χ4n) is 2.49. The minimum absolute atomic E-state index is 0.00520. The summed E-state index contributed by atoms with van der Waals surface area (Å²) in [5, 5.41) is 21.1. The molecule has 0 spiro atoms. The summed E-state index contributed by atoms with van der Waals surface area (Å²) < 4.78 is 29.4. The average molecular weight is 462 g/mol. The van der Waals surface area contributed by atoms with E-state index in [1.165, 1.54) is 12.1 Å². The first-order valence-corrected chi connectivity index (χ1v) is 11.0. The molecule has 3 aromatic rings. The maximum atomic E-state index is 12.5. The average Bonchev–Trinajstić information content (AvgIpc) is 3.19. The number of ether oxygens (including phenoxy) is 1. The molecular formula is C18H14N4O7S2. The number of anilines is 1. The van der Waals surface area contributed by atoms with Gasteiger partial charge in [0.15, 0.2) is 9.84 Å². The molecule has 2 aromatic carbocycles. The number of hydrogen-bond acceptors (Lipinski definition) is 10. The Hall–Kier alpha value is -3.71. The first-order valence-electron chi connectivity index (χ1n) is 8.49. The second-order valence-electron chi connectivity index (χ2n) is 6.04. The number of non-ortho nitro benzene ring substituents is 1. The molecule has 0 radical (unpaired) electrons. The van der Waals surface area contributed by atoms with Crippen LogP contribution < -0.4 is 5.32 Å². The van der Waals surface area contributed by atoms with E-state index in [9.17, 15) is 28.1 Å². The van der Waals surface area contributed by atoms with Crippen molar-refractivity contribution < 1.29 is 27.7 Å². The highest BCUT2D eigenvalue weighted by Gasteiger charge is 2.21. The molecule has 0 aliphatic heterocycles. The van der Waals surface area contributed by atoms with Crippen molar-refractivity contribution in [2.24, 2.45) is 0 Å². The monoisotopic (exact) mass is 462 g/mol. The van der Waals surface area contributed by atoms with Crippen molar-refractivity contribution >= 4 is 43.9 Å². The van der Waals surface area contributed by atoms with Gasteiger partial charge >= 0.3 is 5.97 Å². The molecule has 0 fully saturated rings. The van der Waals surface area contributed by atoms with Gasteiger partial charge in [0.1, 0.15) is 10.8 Å². The minimum atomic E-state index is -3.64. The van der Waals surface area contributed by atoms with Crippen LogP contribution in [-0.4, -0.2) is 42.5 Å². The number of esters is 1. The fourth-order valence-corrected chi connectivity index (χ4v) is 4.84. The van der Waals surface area contributed by atoms with Gasteiger partial charge in [-0.1, -0.05) is 29.5 Å². The number of methoxy groups -OCH3 is 1. The summed E-state index contributed by atoms with van der Waals surface area (Å²) in [5.74, 6) is -2.04. The van der Waals surface area contributed by atoms with E-state index < -0.39 is 38.1 Å². The van der Waals surface area contributed by atoms with Gasteiger partial charge in [0.2, 0.25) is 5.13 Å². The van der Waals surface area contributed by atoms with Crippen LogP contribution in [0.3, 0.4) is 0 Å². The Balaban J connectivity index is 1.79. The quantitative estimate of drug-likeness (QED) is 0.316. The summed E-state index contributed by atoms with van der Waals surface area (Å²) in [6.45, 7) is 0. The van der Waals surface area contributed by atoms with Crippen molar-refractivity contribution in [3.8, 4) is 0 Å². The predicted octanol–water partition coefficient (Wildman–Crippen LogP) is 2.46. The van der Waals surface area contributed by atoms with Crippen molar-refractivity contribution in [3.63, 3.8) is 0 Å². The minimum Gasteiger partial charge on any atom is -0.465 e. The number of nitro benzene ring substituents is 1. The smallest absolute Gasteiger partial charge is 0.338 e. The molecule has 0 aliphatic carbocycles. The molecule has 31 heavy (non-hydrogen) atoms. The van der Waals surface area contributed by atoms with Crippen LogP contribution in [0.4, 0.5) is 10.8 Å². The first kappa shape index (κ1) is 22.0. The molecule has 11 nitrogen and oxygen atoms in total. The number of amides is 1. The van der Waals surface area contributed by atoms with Gasteiger partial charge in [0, 0.05) is 17.7 Å². The fraction of sp³-hybridized carbons (Fsp3) is 0.111. The van der Waals surface area contributed by atoms with Crippen LogP contribution in [0, 0.1) is 10.1 Å². The molecule has 1 aromatic heterocycles. The third kappa shape index (κ3) is 5.26. The van der Waals surface area contributed by atoms with Crippen molar-refractivity contribution in [1.82, 2.24) is 10.2 Å². The molecule has 0 saturated heterocycles. The second-order valence-corrected chi connectivity index (χ2v) is 9.10. The summed E-state index contributed by atoms with van der Waals surface area (Å²) in [5.41, 5.74) is -0.822. The van der Waals surface area contributed by atoms with E-state index in [2.05, 4.69) is 20.3 Å². The normalized spacial score (nSPS) is 11.0. The molecule has 0 unspecified atom stereocenters. The van der Waals surface area contributed by atoms with E-state index in [1.807, 2.05) is 0 Å². The Labute approximate surface area is 179 Å².